The van der Waals surface area contributed by atoms with Crippen molar-refractivity contribution in [1.82, 2.24) is 19.5 Å². The van der Waals surface area contributed by atoms with E-state index in [1.165, 1.54) is 30.3 Å². The fraction of sp³-hybridized carbons (Fsp3) is 0.250. The number of ether oxygens (including phenoxy) is 1. The lowest BCUT2D eigenvalue weighted by Crippen LogP contribution is -2.23. The van der Waals surface area contributed by atoms with E-state index in [-0.39, 0.29) is 10.7 Å². The Hall–Kier alpha value is -2.26. The number of nitrogens with one attached hydrogen (secondary N) is 1. The van der Waals surface area contributed by atoms with Gasteiger partial charge in [0, 0.05) is 6.54 Å². The van der Waals surface area contributed by atoms with E-state index >= 15 is 0 Å². The monoisotopic (exact) mass is 310 g/mol. The second-order valence-electron chi connectivity index (χ2n) is 4.00. The molecule has 21 heavy (non-hydrogen) atoms. The van der Waals surface area contributed by atoms with Gasteiger partial charge in [0.15, 0.2) is 0 Å². The molecule has 0 bridgehead atoms. The number of esters is 1. The van der Waals surface area contributed by atoms with Crippen LogP contribution in [-0.2, 0) is 14.8 Å². The van der Waals surface area contributed by atoms with E-state index < -0.39 is 16.0 Å². The van der Waals surface area contributed by atoms with Crippen molar-refractivity contribution in [2.24, 2.45) is 0 Å². The van der Waals surface area contributed by atoms with Crippen molar-refractivity contribution in [2.45, 2.75) is 11.8 Å². The van der Waals surface area contributed by atoms with E-state index in [4.69, 9.17) is 0 Å². The Labute approximate surface area is 121 Å². The van der Waals surface area contributed by atoms with Gasteiger partial charge in [-0.15, -0.1) is 5.10 Å². The van der Waals surface area contributed by atoms with Crippen LogP contribution in [0.4, 0.5) is 0 Å². The molecule has 0 fully saturated rings. The molecule has 0 spiro atoms. The average molecular weight is 310 g/mol. The summed E-state index contributed by atoms with van der Waals surface area (Å²) in [6.45, 7) is 2.02. The summed E-state index contributed by atoms with van der Waals surface area (Å²) in [6.07, 6.45) is 1.35. The number of hydrogen-bond donors (Lipinski definition) is 1. The summed E-state index contributed by atoms with van der Waals surface area (Å²) >= 11 is 0. The molecular weight excluding hydrogens is 296 g/mol. The standard InChI is InChI=1S/C12H14N4O4S/c1-3-14-21(18,19)10-6-4-9(5-7-10)16-8-13-11(15-16)12(17)20-2/h4-8,14H,3H2,1-2H3. The Balaban J connectivity index is 2.27. The molecule has 0 aliphatic heterocycles. The van der Waals surface area contributed by atoms with Crippen LogP contribution in [0.15, 0.2) is 35.5 Å². The Morgan fingerprint density at radius 3 is 2.57 bits per heavy atom. The fourth-order valence-corrected chi connectivity index (χ4v) is 2.66. The smallest absolute Gasteiger partial charge is 0.377 e. The van der Waals surface area contributed by atoms with Crippen LogP contribution in [0.3, 0.4) is 0 Å². The highest BCUT2D eigenvalue weighted by molar-refractivity contribution is 7.89. The molecule has 2 rings (SSSR count). The van der Waals surface area contributed by atoms with Crippen LogP contribution in [0.1, 0.15) is 17.5 Å². The molecule has 0 radical (unpaired) electrons. The van der Waals surface area contributed by atoms with Gasteiger partial charge >= 0.3 is 5.97 Å². The number of carbonyl (C=O) groups excluding carboxylic acids is 1. The molecule has 8 nitrogen and oxygen atoms in total. The van der Waals surface area contributed by atoms with Crippen molar-refractivity contribution < 1.29 is 17.9 Å². The zero-order valence-corrected chi connectivity index (χ0v) is 12.3. The van der Waals surface area contributed by atoms with Gasteiger partial charge in [0.25, 0.3) is 5.82 Å². The number of rotatable bonds is 5. The summed E-state index contributed by atoms with van der Waals surface area (Å²) in [7, 11) is -2.25. The first kappa shape index (κ1) is 15.1. The zero-order valence-electron chi connectivity index (χ0n) is 11.5. The van der Waals surface area contributed by atoms with Crippen molar-refractivity contribution in [2.75, 3.05) is 13.7 Å². The van der Waals surface area contributed by atoms with Gasteiger partial charge in [0.05, 0.1) is 17.7 Å². The summed E-state index contributed by atoms with van der Waals surface area (Å²) in [5.41, 5.74) is 0.577. The molecule has 112 valence electrons. The van der Waals surface area contributed by atoms with Crippen LogP contribution in [-0.4, -0.2) is 42.8 Å². The molecule has 2 aromatic rings. The van der Waals surface area contributed by atoms with E-state index in [9.17, 15) is 13.2 Å². The highest BCUT2D eigenvalue weighted by atomic mass is 32.2. The minimum absolute atomic E-state index is 0.0677. The number of nitrogens with zero attached hydrogens (tertiary/aromatic N) is 3. The summed E-state index contributed by atoms with van der Waals surface area (Å²) in [5, 5.41) is 3.95. The Morgan fingerprint density at radius 2 is 2.00 bits per heavy atom. The van der Waals surface area contributed by atoms with Crippen molar-refractivity contribution in [3.05, 3.63) is 36.4 Å². The van der Waals surface area contributed by atoms with Crippen LogP contribution >= 0.6 is 0 Å². The second kappa shape index (κ2) is 6.02. The molecule has 9 heteroatoms. The van der Waals surface area contributed by atoms with Gasteiger partial charge in [-0.05, 0) is 24.3 Å². The van der Waals surface area contributed by atoms with Gasteiger partial charge in [-0.1, -0.05) is 6.92 Å². The highest BCUT2D eigenvalue weighted by Gasteiger charge is 2.14. The Bertz CT molecular complexity index is 737. The van der Waals surface area contributed by atoms with Gasteiger partial charge < -0.3 is 4.74 Å². The maximum absolute atomic E-state index is 11.8. The maximum Gasteiger partial charge on any atom is 0.377 e. The molecule has 0 amide bonds. The van der Waals surface area contributed by atoms with Crippen LogP contribution < -0.4 is 4.72 Å². The fourth-order valence-electron chi connectivity index (χ4n) is 1.62. The molecule has 1 aromatic heterocycles. The first-order valence-electron chi connectivity index (χ1n) is 6.08. The van der Waals surface area contributed by atoms with Crippen molar-refractivity contribution in [3.63, 3.8) is 0 Å². The summed E-state index contributed by atoms with van der Waals surface area (Å²) in [6, 6.07) is 6.04. The SMILES string of the molecule is CCNS(=O)(=O)c1ccc(-n2cnc(C(=O)OC)n2)cc1. The van der Waals surface area contributed by atoms with Gasteiger partial charge in [-0.3, -0.25) is 0 Å². The minimum Gasteiger partial charge on any atom is -0.463 e. The molecule has 0 unspecified atom stereocenters. The maximum atomic E-state index is 11.8. The van der Waals surface area contributed by atoms with E-state index in [0.29, 0.717) is 12.2 Å². The van der Waals surface area contributed by atoms with Gasteiger partial charge in [0.2, 0.25) is 10.0 Å². The number of hydrogen-bond acceptors (Lipinski definition) is 6. The lowest BCUT2D eigenvalue weighted by molar-refractivity contribution is 0.0587. The topological polar surface area (TPSA) is 103 Å². The number of carbonyl (C=O) groups is 1. The molecule has 0 atom stereocenters. The van der Waals surface area contributed by atoms with Gasteiger partial charge in [-0.2, -0.15) is 0 Å². The predicted octanol–water partition coefficient (Wildman–Crippen LogP) is 0.352. The molecule has 0 saturated heterocycles. The zero-order chi connectivity index (χ0) is 15.5. The largest absolute Gasteiger partial charge is 0.463 e. The molecule has 0 saturated carbocycles. The van der Waals surface area contributed by atoms with E-state index in [1.54, 1.807) is 19.1 Å². The lowest BCUT2D eigenvalue weighted by Gasteiger charge is -2.05. The summed E-state index contributed by atoms with van der Waals surface area (Å²) in [4.78, 5) is 15.2. The number of methoxy groups -OCH3 is 1. The normalized spacial score (nSPS) is 11.3. The van der Waals surface area contributed by atoms with E-state index in [0.717, 1.165) is 0 Å². The van der Waals surface area contributed by atoms with Crippen LogP contribution in [0.25, 0.3) is 5.69 Å². The van der Waals surface area contributed by atoms with Crippen molar-refractivity contribution >= 4 is 16.0 Å². The average Bonchev–Trinajstić information content (AvgIpc) is 2.96. The lowest BCUT2D eigenvalue weighted by atomic mass is 10.3. The van der Waals surface area contributed by atoms with Crippen molar-refractivity contribution in [3.8, 4) is 5.69 Å². The van der Waals surface area contributed by atoms with Gasteiger partial charge in [0.1, 0.15) is 6.33 Å². The highest BCUT2D eigenvalue weighted by Crippen LogP contribution is 2.13. The first-order valence-corrected chi connectivity index (χ1v) is 7.56. The third-order valence-corrected chi connectivity index (χ3v) is 4.17. The van der Waals surface area contributed by atoms with Gasteiger partial charge in [-0.25, -0.2) is 27.6 Å². The number of sulfonamides is 1. The molecule has 0 aliphatic carbocycles. The quantitative estimate of drug-likeness (QED) is 0.799. The van der Waals surface area contributed by atoms with E-state index in [1.807, 2.05) is 0 Å². The third-order valence-electron chi connectivity index (χ3n) is 2.61. The summed E-state index contributed by atoms with van der Waals surface area (Å²) in [5.74, 6) is -0.707. The minimum atomic E-state index is -3.49. The van der Waals surface area contributed by atoms with Crippen LogP contribution in [0, 0.1) is 0 Å². The second-order valence-corrected chi connectivity index (χ2v) is 5.77. The first-order chi connectivity index (χ1) is 9.97. The Morgan fingerprint density at radius 1 is 1.33 bits per heavy atom. The Kier molecular flexibility index (Phi) is 4.34. The number of aromatic nitrogens is 3. The molecule has 1 N–H and O–H groups in total. The molecule has 1 heterocycles. The molecule has 0 aliphatic rings. The third kappa shape index (κ3) is 3.26. The van der Waals surface area contributed by atoms with E-state index in [2.05, 4.69) is 19.5 Å². The summed E-state index contributed by atoms with van der Waals surface area (Å²) < 4.78 is 31.9. The van der Waals surface area contributed by atoms with Crippen LogP contribution in [0.2, 0.25) is 0 Å². The predicted molar refractivity (Wildman–Crippen MR) is 73.6 cm³/mol. The van der Waals surface area contributed by atoms with Crippen molar-refractivity contribution in [1.29, 1.82) is 0 Å². The van der Waals surface area contributed by atoms with Crippen LogP contribution in [0.5, 0.6) is 0 Å². The molecular formula is C12H14N4O4S. The number of benzene rings is 1. The molecule has 1 aromatic carbocycles.